The minimum atomic E-state index is -0.262. The molecule has 1 amide bonds. The van der Waals surface area contributed by atoms with Crippen molar-refractivity contribution < 1.29 is 19.0 Å². The second-order valence-electron chi connectivity index (χ2n) is 4.88. The third kappa shape index (κ3) is 3.11. The summed E-state index contributed by atoms with van der Waals surface area (Å²) in [6.07, 6.45) is 0. The van der Waals surface area contributed by atoms with Crippen LogP contribution in [0.15, 0.2) is 36.4 Å². The number of hydrogen-bond acceptors (Lipinski definition) is 6. The Hall–Kier alpha value is -2.80. The van der Waals surface area contributed by atoms with Gasteiger partial charge in [0.1, 0.15) is 5.75 Å². The van der Waals surface area contributed by atoms with E-state index in [1.165, 1.54) is 18.4 Å². The fourth-order valence-electron chi connectivity index (χ4n) is 2.23. The van der Waals surface area contributed by atoms with Gasteiger partial charge in [0.2, 0.25) is 0 Å². The summed E-state index contributed by atoms with van der Waals surface area (Å²) in [6, 6.07) is 10.6. The van der Waals surface area contributed by atoms with E-state index in [2.05, 4.69) is 10.3 Å². The molecule has 0 saturated carbocycles. The van der Waals surface area contributed by atoms with Crippen LogP contribution in [0.5, 0.6) is 17.2 Å². The van der Waals surface area contributed by atoms with Crippen molar-refractivity contribution in [2.75, 3.05) is 26.6 Å². The van der Waals surface area contributed by atoms with E-state index < -0.39 is 0 Å². The number of carbonyl (C=O) groups excluding carboxylic acids is 1. The number of amides is 1. The molecule has 0 aliphatic rings. The van der Waals surface area contributed by atoms with Gasteiger partial charge in [0, 0.05) is 5.56 Å². The van der Waals surface area contributed by atoms with Crippen LogP contribution in [0.1, 0.15) is 10.4 Å². The monoisotopic (exact) mass is 344 g/mol. The van der Waals surface area contributed by atoms with Crippen LogP contribution in [0.3, 0.4) is 0 Å². The first-order valence-electron chi connectivity index (χ1n) is 7.12. The van der Waals surface area contributed by atoms with Gasteiger partial charge in [-0.05, 0) is 36.4 Å². The molecule has 0 saturated heterocycles. The van der Waals surface area contributed by atoms with Gasteiger partial charge >= 0.3 is 0 Å². The van der Waals surface area contributed by atoms with Crippen molar-refractivity contribution in [2.24, 2.45) is 0 Å². The van der Waals surface area contributed by atoms with Crippen molar-refractivity contribution in [3.05, 3.63) is 42.0 Å². The lowest BCUT2D eigenvalue weighted by Crippen LogP contribution is -2.11. The van der Waals surface area contributed by atoms with E-state index in [-0.39, 0.29) is 5.91 Å². The molecule has 3 aromatic rings. The molecule has 3 rings (SSSR count). The number of ether oxygens (including phenoxy) is 3. The SMILES string of the molecule is COc1ccc2nc(NC(=O)c3ccc(OC)c(OC)c3)sc2c1. The Morgan fingerprint density at radius 2 is 1.79 bits per heavy atom. The molecule has 0 bridgehead atoms. The van der Waals surface area contributed by atoms with Gasteiger partial charge in [-0.3, -0.25) is 10.1 Å². The predicted octanol–water partition coefficient (Wildman–Crippen LogP) is 3.57. The summed E-state index contributed by atoms with van der Waals surface area (Å²) >= 11 is 1.39. The summed E-state index contributed by atoms with van der Waals surface area (Å²) in [7, 11) is 4.69. The van der Waals surface area contributed by atoms with Crippen molar-refractivity contribution in [2.45, 2.75) is 0 Å². The number of rotatable bonds is 5. The molecule has 0 unspecified atom stereocenters. The Morgan fingerprint density at radius 3 is 2.50 bits per heavy atom. The van der Waals surface area contributed by atoms with Gasteiger partial charge in [0.05, 0.1) is 31.5 Å². The molecule has 1 aromatic heterocycles. The predicted molar refractivity (Wildman–Crippen MR) is 93.7 cm³/mol. The van der Waals surface area contributed by atoms with Gasteiger partial charge in [-0.2, -0.15) is 0 Å². The molecule has 0 aliphatic carbocycles. The minimum absolute atomic E-state index is 0.262. The lowest BCUT2D eigenvalue weighted by molar-refractivity contribution is 0.102. The molecule has 0 spiro atoms. The highest BCUT2D eigenvalue weighted by Gasteiger charge is 2.13. The average molecular weight is 344 g/mol. The number of nitrogens with zero attached hydrogens (tertiary/aromatic N) is 1. The topological polar surface area (TPSA) is 69.7 Å². The second kappa shape index (κ2) is 6.76. The Kier molecular flexibility index (Phi) is 4.52. The normalized spacial score (nSPS) is 10.5. The van der Waals surface area contributed by atoms with Crippen LogP contribution >= 0.6 is 11.3 Å². The van der Waals surface area contributed by atoms with Gasteiger partial charge in [-0.25, -0.2) is 4.98 Å². The zero-order chi connectivity index (χ0) is 17.1. The molecule has 0 aliphatic heterocycles. The summed E-state index contributed by atoms with van der Waals surface area (Å²) in [5.74, 6) is 1.56. The first-order chi connectivity index (χ1) is 11.6. The molecule has 24 heavy (non-hydrogen) atoms. The van der Waals surface area contributed by atoms with Gasteiger partial charge in [-0.15, -0.1) is 0 Å². The van der Waals surface area contributed by atoms with E-state index in [0.717, 1.165) is 16.0 Å². The Balaban J connectivity index is 1.84. The molecule has 0 radical (unpaired) electrons. The highest BCUT2D eigenvalue weighted by atomic mass is 32.1. The smallest absolute Gasteiger partial charge is 0.257 e. The van der Waals surface area contributed by atoms with Crippen LogP contribution in [0.2, 0.25) is 0 Å². The average Bonchev–Trinajstić information content (AvgIpc) is 3.02. The van der Waals surface area contributed by atoms with E-state index in [9.17, 15) is 4.79 Å². The highest BCUT2D eigenvalue weighted by molar-refractivity contribution is 7.22. The lowest BCUT2D eigenvalue weighted by Gasteiger charge is -2.09. The number of anilines is 1. The summed E-state index contributed by atoms with van der Waals surface area (Å²) in [5.41, 5.74) is 1.27. The van der Waals surface area contributed by atoms with Crippen LogP contribution in [0, 0.1) is 0 Å². The van der Waals surface area contributed by atoms with Crippen molar-refractivity contribution in [1.29, 1.82) is 0 Å². The van der Waals surface area contributed by atoms with Crippen molar-refractivity contribution >= 4 is 32.6 Å². The second-order valence-corrected chi connectivity index (χ2v) is 5.91. The first kappa shape index (κ1) is 16.1. The van der Waals surface area contributed by atoms with Crippen molar-refractivity contribution in [1.82, 2.24) is 4.98 Å². The Morgan fingerprint density at radius 1 is 1.00 bits per heavy atom. The number of benzene rings is 2. The molecule has 0 fully saturated rings. The number of thiazole rings is 1. The lowest BCUT2D eigenvalue weighted by atomic mass is 10.2. The highest BCUT2D eigenvalue weighted by Crippen LogP contribution is 2.31. The molecular weight excluding hydrogens is 328 g/mol. The van der Waals surface area contributed by atoms with Gasteiger partial charge in [0.15, 0.2) is 16.6 Å². The number of hydrogen-bond donors (Lipinski definition) is 1. The molecule has 2 aromatic carbocycles. The van der Waals surface area contributed by atoms with E-state index >= 15 is 0 Å². The maximum atomic E-state index is 12.4. The minimum Gasteiger partial charge on any atom is -0.497 e. The molecule has 1 N–H and O–H groups in total. The fraction of sp³-hybridized carbons (Fsp3) is 0.176. The number of nitrogens with one attached hydrogen (secondary N) is 1. The maximum Gasteiger partial charge on any atom is 0.257 e. The summed E-state index contributed by atoms with van der Waals surface area (Å²) in [5, 5.41) is 3.33. The molecule has 7 heteroatoms. The largest absolute Gasteiger partial charge is 0.497 e. The molecule has 0 atom stereocenters. The van der Waals surface area contributed by atoms with Gasteiger partial charge < -0.3 is 14.2 Å². The van der Waals surface area contributed by atoms with Crippen LogP contribution in [0.25, 0.3) is 10.2 Å². The third-order valence-corrected chi connectivity index (χ3v) is 4.40. The number of methoxy groups -OCH3 is 3. The molecular formula is C17H16N2O4S. The van der Waals surface area contributed by atoms with Crippen LogP contribution in [-0.4, -0.2) is 32.2 Å². The summed E-state index contributed by atoms with van der Waals surface area (Å²) in [4.78, 5) is 16.8. The number of fused-ring (bicyclic) bond motifs is 1. The quantitative estimate of drug-likeness (QED) is 0.766. The number of carbonyl (C=O) groups is 1. The molecule has 6 nitrogen and oxygen atoms in total. The van der Waals surface area contributed by atoms with E-state index in [0.29, 0.717) is 22.2 Å². The van der Waals surface area contributed by atoms with Crippen molar-refractivity contribution in [3.63, 3.8) is 0 Å². The van der Waals surface area contributed by atoms with E-state index in [4.69, 9.17) is 14.2 Å². The Labute approximate surface area is 143 Å². The maximum absolute atomic E-state index is 12.4. The first-order valence-corrected chi connectivity index (χ1v) is 7.94. The van der Waals surface area contributed by atoms with E-state index in [1.54, 1.807) is 32.4 Å². The van der Waals surface area contributed by atoms with Gasteiger partial charge in [0.25, 0.3) is 5.91 Å². The third-order valence-electron chi connectivity index (χ3n) is 3.46. The van der Waals surface area contributed by atoms with Crippen LogP contribution in [-0.2, 0) is 0 Å². The molecule has 124 valence electrons. The van der Waals surface area contributed by atoms with Crippen LogP contribution in [0.4, 0.5) is 5.13 Å². The summed E-state index contributed by atoms with van der Waals surface area (Å²) in [6.45, 7) is 0. The zero-order valence-electron chi connectivity index (χ0n) is 13.5. The number of aromatic nitrogens is 1. The zero-order valence-corrected chi connectivity index (χ0v) is 14.3. The Bertz CT molecular complexity index is 891. The fourth-order valence-corrected chi connectivity index (χ4v) is 3.12. The van der Waals surface area contributed by atoms with Gasteiger partial charge in [-0.1, -0.05) is 11.3 Å². The van der Waals surface area contributed by atoms with Crippen LogP contribution < -0.4 is 19.5 Å². The molecule has 1 heterocycles. The summed E-state index contributed by atoms with van der Waals surface area (Å²) < 4.78 is 16.5. The standard InChI is InChI=1S/C17H16N2O4S/c1-21-11-5-6-12-15(9-11)24-17(18-12)19-16(20)10-4-7-13(22-2)14(8-10)23-3/h4-9H,1-3H3,(H,18,19,20). The van der Waals surface area contributed by atoms with Crippen molar-refractivity contribution in [3.8, 4) is 17.2 Å². The van der Waals surface area contributed by atoms with E-state index in [1.807, 2.05) is 18.2 Å².